The fourth-order valence-corrected chi connectivity index (χ4v) is 8.29. The van der Waals surface area contributed by atoms with Gasteiger partial charge < -0.3 is 19.3 Å². The molecule has 2 atom stereocenters. The van der Waals surface area contributed by atoms with Gasteiger partial charge in [-0.05, 0) is 69.8 Å². The smallest absolute Gasteiger partial charge is 0.248 e. The van der Waals surface area contributed by atoms with E-state index >= 15 is 0 Å². The second-order valence-electron chi connectivity index (χ2n) is 10.7. The SMILES string of the molecule is CCN(CCOCC(=O)N1CCN(C2CC3CCC(C2)N3C)CC1)S(=O)(=O)c1c(C)cc(OC)cc1C. The summed E-state index contributed by atoms with van der Waals surface area (Å²) in [5, 5.41) is 0. The van der Waals surface area contributed by atoms with E-state index in [2.05, 4.69) is 16.8 Å². The molecule has 1 amide bonds. The summed E-state index contributed by atoms with van der Waals surface area (Å²) < 4.78 is 39.0. The largest absolute Gasteiger partial charge is 0.497 e. The maximum absolute atomic E-state index is 13.4. The van der Waals surface area contributed by atoms with Gasteiger partial charge in [0.15, 0.2) is 0 Å². The summed E-state index contributed by atoms with van der Waals surface area (Å²) in [4.78, 5) is 20.1. The molecule has 1 aromatic rings. The van der Waals surface area contributed by atoms with E-state index < -0.39 is 10.0 Å². The van der Waals surface area contributed by atoms with E-state index in [1.807, 2.05) is 11.8 Å². The second-order valence-corrected chi connectivity index (χ2v) is 12.6. The number of ether oxygens (including phenoxy) is 2. The van der Waals surface area contributed by atoms with Crippen LogP contribution in [0.1, 0.15) is 43.7 Å². The average molecular weight is 537 g/mol. The van der Waals surface area contributed by atoms with Crippen LogP contribution >= 0.6 is 0 Å². The van der Waals surface area contributed by atoms with Crippen LogP contribution in [0, 0.1) is 13.8 Å². The van der Waals surface area contributed by atoms with Crippen molar-refractivity contribution >= 4 is 15.9 Å². The highest BCUT2D eigenvalue weighted by Crippen LogP contribution is 2.36. The molecular weight excluding hydrogens is 492 g/mol. The monoisotopic (exact) mass is 536 g/mol. The van der Waals surface area contributed by atoms with Crippen molar-refractivity contribution in [3.8, 4) is 5.75 Å². The van der Waals surface area contributed by atoms with Gasteiger partial charge in [-0.15, -0.1) is 0 Å². The van der Waals surface area contributed by atoms with Crippen molar-refractivity contribution in [3.63, 3.8) is 0 Å². The molecule has 10 heteroatoms. The van der Waals surface area contributed by atoms with Gasteiger partial charge in [0.25, 0.3) is 0 Å². The first-order valence-electron chi connectivity index (χ1n) is 13.6. The third kappa shape index (κ3) is 6.14. The summed E-state index contributed by atoms with van der Waals surface area (Å²) in [6.45, 7) is 9.35. The molecule has 1 aromatic carbocycles. The number of amides is 1. The Morgan fingerprint density at radius 2 is 1.62 bits per heavy atom. The number of sulfonamides is 1. The topological polar surface area (TPSA) is 82.6 Å². The molecule has 4 rings (SSSR count). The van der Waals surface area contributed by atoms with Crippen LogP contribution in [0.2, 0.25) is 0 Å². The average Bonchev–Trinajstić information content (AvgIpc) is 3.07. The van der Waals surface area contributed by atoms with Crippen molar-refractivity contribution in [1.29, 1.82) is 0 Å². The van der Waals surface area contributed by atoms with E-state index in [1.54, 1.807) is 33.1 Å². The maximum atomic E-state index is 13.4. The number of hydrogen-bond donors (Lipinski definition) is 0. The van der Waals surface area contributed by atoms with Crippen LogP contribution in [0.5, 0.6) is 5.75 Å². The summed E-state index contributed by atoms with van der Waals surface area (Å²) in [5.74, 6) is 0.619. The van der Waals surface area contributed by atoms with Gasteiger partial charge in [0.2, 0.25) is 15.9 Å². The van der Waals surface area contributed by atoms with Crippen LogP contribution in [0.4, 0.5) is 0 Å². The second kappa shape index (κ2) is 12.0. The van der Waals surface area contributed by atoms with E-state index in [9.17, 15) is 13.2 Å². The maximum Gasteiger partial charge on any atom is 0.248 e. The zero-order chi connectivity index (χ0) is 26.7. The lowest BCUT2D eigenvalue weighted by molar-refractivity contribution is -0.138. The van der Waals surface area contributed by atoms with Crippen molar-refractivity contribution in [2.75, 3.05) is 66.6 Å². The lowest BCUT2D eigenvalue weighted by Crippen LogP contribution is -2.56. The van der Waals surface area contributed by atoms with Crippen molar-refractivity contribution in [2.24, 2.45) is 0 Å². The summed E-state index contributed by atoms with van der Waals surface area (Å²) in [7, 11) is 0.148. The standard InChI is InChI=1S/C27H44N4O5S/c1-6-31(37(33,34)27-20(2)15-25(35-5)16-21(27)3)13-14-36-19-26(32)30-11-9-29(10-12-30)24-17-22-7-8-23(18-24)28(22)4/h15-16,22-24H,6-14,17-19H2,1-5H3. The predicted octanol–water partition coefficient (Wildman–Crippen LogP) is 2.11. The molecule has 3 aliphatic rings. The minimum absolute atomic E-state index is 0.0173. The molecule has 9 nitrogen and oxygen atoms in total. The van der Waals surface area contributed by atoms with Crippen LogP contribution in [0.3, 0.4) is 0 Å². The summed E-state index contributed by atoms with van der Waals surface area (Å²) in [5.41, 5.74) is 1.30. The van der Waals surface area contributed by atoms with E-state index in [4.69, 9.17) is 9.47 Å². The molecule has 0 N–H and O–H groups in total. The summed E-state index contributed by atoms with van der Waals surface area (Å²) >= 11 is 0. The number of carbonyl (C=O) groups excluding carboxylic acids is 1. The molecule has 3 heterocycles. The van der Waals surface area contributed by atoms with Crippen molar-refractivity contribution < 1.29 is 22.7 Å². The van der Waals surface area contributed by atoms with E-state index in [0.29, 0.717) is 34.4 Å². The number of carbonyl (C=O) groups is 1. The van der Waals surface area contributed by atoms with Crippen molar-refractivity contribution in [2.45, 2.75) is 69.5 Å². The van der Waals surface area contributed by atoms with E-state index in [-0.39, 0.29) is 25.7 Å². The molecule has 3 fully saturated rings. The van der Waals surface area contributed by atoms with Gasteiger partial charge in [0, 0.05) is 57.4 Å². The Bertz CT molecular complexity index is 1020. The molecule has 2 bridgehead atoms. The number of piperazine rings is 1. The zero-order valence-corrected chi connectivity index (χ0v) is 23.9. The van der Waals surface area contributed by atoms with Crippen molar-refractivity contribution in [3.05, 3.63) is 23.3 Å². The number of methoxy groups -OCH3 is 1. The molecule has 0 spiro atoms. The molecule has 0 radical (unpaired) electrons. The lowest BCUT2D eigenvalue weighted by Gasteiger charge is -2.45. The molecule has 0 aliphatic carbocycles. The Kier molecular flexibility index (Phi) is 9.17. The zero-order valence-electron chi connectivity index (χ0n) is 23.1. The molecule has 37 heavy (non-hydrogen) atoms. The predicted molar refractivity (Wildman–Crippen MR) is 143 cm³/mol. The number of nitrogens with zero attached hydrogens (tertiary/aromatic N) is 4. The van der Waals surface area contributed by atoms with Gasteiger partial charge in [-0.25, -0.2) is 8.42 Å². The first-order valence-corrected chi connectivity index (χ1v) is 15.1. The summed E-state index contributed by atoms with van der Waals surface area (Å²) in [6.07, 6.45) is 5.14. The van der Waals surface area contributed by atoms with Gasteiger partial charge >= 0.3 is 0 Å². The van der Waals surface area contributed by atoms with Gasteiger partial charge in [0.1, 0.15) is 12.4 Å². The van der Waals surface area contributed by atoms with Crippen LogP contribution in [-0.2, 0) is 19.6 Å². The van der Waals surface area contributed by atoms with Gasteiger partial charge in [-0.1, -0.05) is 6.92 Å². The minimum atomic E-state index is -3.69. The number of piperidine rings is 1. The molecule has 0 saturated carbocycles. The number of rotatable bonds is 10. The highest BCUT2D eigenvalue weighted by Gasteiger charge is 2.41. The highest BCUT2D eigenvalue weighted by molar-refractivity contribution is 7.89. The fraction of sp³-hybridized carbons (Fsp3) is 0.741. The summed E-state index contributed by atoms with van der Waals surface area (Å²) in [6, 6.07) is 5.56. The third-order valence-corrected chi connectivity index (χ3v) is 10.9. The number of likely N-dealkylation sites (N-methyl/N-ethyl adjacent to an activating group) is 1. The molecule has 0 aromatic heterocycles. The molecular formula is C27H44N4O5S. The normalized spacial score (nSPS) is 25.1. The third-order valence-electron chi connectivity index (χ3n) is 8.59. The molecule has 2 unspecified atom stereocenters. The Labute approximate surface area is 222 Å². The van der Waals surface area contributed by atoms with Gasteiger partial charge in [-0.3, -0.25) is 9.69 Å². The Hall–Kier alpha value is -1.72. The molecule has 3 aliphatic heterocycles. The van der Waals surface area contributed by atoms with Crippen LogP contribution in [0.25, 0.3) is 0 Å². The van der Waals surface area contributed by atoms with E-state index in [0.717, 1.165) is 38.3 Å². The number of benzene rings is 1. The highest BCUT2D eigenvalue weighted by atomic mass is 32.2. The number of aryl methyl sites for hydroxylation is 2. The van der Waals surface area contributed by atoms with Crippen LogP contribution in [-0.4, -0.2) is 118 Å². The van der Waals surface area contributed by atoms with Gasteiger partial charge in [-0.2, -0.15) is 4.31 Å². The van der Waals surface area contributed by atoms with Crippen LogP contribution < -0.4 is 4.74 Å². The quantitative estimate of drug-likeness (QED) is 0.424. The van der Waals surface area contributed by atoms with Crippen molar-refractivity contribution in [1.82, 2.24) is 19.0 Å². The first kappa shape index (κ1) is 28.3. The Balaban J connectivity index is 1.22. The molecule has 3 saturated heterocycles. The molecule has 208 valence electrons. The fourth-order valence-electron chi connectivity index (χ4n) is 6.45. The van der Waals surface area contributed by atoms with Gasteiger partial charge in [0.05, 0.1) is 18.6 Å². The van der Waals surface area contributed by atoms with Crippen LogP contribution in [0.15, 0.2) is 17.0 Å². The number of fused-ring (bicyclic) bond motifs is 2. The van der Waals surface area contributed by atoms with E-state index in [1.165, 1.54) is 30.0 Å². The first-order chi connectivity index (χ1) is 17.6. The minimum Gasteiger partial charge on any atom is -0.497 e. The lowest BCUT2D eigenvalue weighted by atomic mass is 9.96. The Morgan fingerprint density at radius 1 is 1.03 bits per heavy atom. The Morgan fingerprint density at radius 3 is 2.16 bits per heavy atom. The number of hydrogen-bond acceptors (Lipinski definition) is 7.